The summed E-state index contributed by atoms with van der Waals surface area (Å²) >= 11 is 0. The molecule has 0 aromatic rings. The summed E-state index contributed by atoms with van der Waals surface area (Å²) in [4.78, 5) is 3.74. The Morgan fingerprint density at radius 3 is 2.00 bits per heavy atom. The summed E-state index contributed by atoms with van der Waals surface area (Å²) in [6, 6.07) is 0. The molecular weight excluding hydrogens is 110 g/mol. The second-order valence-corrected chi connectivity index (χ2v) is 1.29. The third-order valence-electron chi connectivity index (χ3n) is 0.899. The first-order valence-electron chi connectivity index (χ1n) is 3.47. The summed E-state index contributed by atoms with van der Waals surface area (Å²) in [6.45, 7) is 11.4. The zero-order valence-corrected chi connectivity index (χ0v) is 6.94. The summed E-state index contributed by atoms with van der Waals surface area (Å²) in [7, 11) is 0. The van der Waals surface area contributed by atoms with Gasteiger partial charge < -0.3 is 0 Å². The Hall–Kier alpha value is -0.590. The molecule has 0 aliphatic carbocycles. The maximum Gasteiger partial charge on any atom is 0.0351 e. The maximum absolute atomic E-state index is 3.74. The number of hydrogen-bond acceptors (Lipinski definition) is 1. The van der Waals surface area contributed by atoms with Crippen LogP contribution in [0.4, 0.5) is 0 Å². The predicted octanol–water partition coefficient (Wildman–Crippen LogP) is 3.03. The molecule has 0 spiro atoms. The molecule has 0 saturated heterocycles. The highest BCUT2D eigenvalue weighted by Crippen LogP contribution is 1.97. The largest absolute Gasteiger partial charge is 0.269 e. The van der Waals surface area contributed by atoms with Crippen molar-refractivity contribution in [2.45, 2.75) is 34.1 Å². The van der Waals surface area contributed by atoms with Crippen LogP contribution in [-0.2, 0) is 0 Å². The van der Waals surface area contributed by atoms with Crippen LogP contribution in [-0.4, -0.2) is 6.72 Å². The Morgan fingerprint density at radius 2 is 2.00 bits per heavy atom. The van der Waals surface area contributed by atoms with Crippen molar-refractivity contribution in [3.63, 3.8) is 0 Å². The van der Waals surface area contributed by atoms with Crippen LogP contribution in [0.3, 0.4) is 0 Å². The SMILES string of the molecule is C=N/C(=C\C)CC.CC. The third kappa shape index (κ3) is 7.41. The van der Waals surface area contributed by atoms with Gasteiger partial charge in [-0.1, -0.05) is 26.8 Å². The lowest BCUT2D eigenvalue weighted by molar-refractivity contribution is 1.07. The fourth-order valence-electron chi connectivity index (χ4n) is 0.407. The number of aliphatic imine (C=N–C) groups is 1. The molecule has 0 saturated carbocycles. The van der Waals surface area contributed by atoms with E-state index in [4.69, 9.17) is 0 Å². The minimum Gasteiger partial charge on any atom is -0.269 e. The second kappa shape index (κ2) is 10.4. The molecule has 0 heterocycles. The van der Waals surface area contributed by atoms with Crippen molar-refractivity contribution >= 4 is 6.72 Å². The van der Waals surface area contributed by atoms with Crippen LogP contribution in [0, 0.1) is 0 Å². The molecule has 0 amide bonds. The molecule has 0 rings (SSSR count). The quantitative estimate of drug-likeness (QED) is 0.505. The topological polar surface area (TPSA) is 12.4 Å². The van der Waals surface area contributed by atoms with Gasteiger partial charge in [-0.2, -0.15) is 0 Å². The first kappa shape index (κ1) is 11.2. The minimum atomic E-state index is 0.986. The zero-order chi connectivity index (χ0) is 7.70. The van der Waals surface area contributed by atoms with Gasteiger partial charge in [-0.05, 0) is 20.1 Å². The van der Waals surface area contributed by atoms with Gasteiger partial charge in [-0.25, -0.2) is 0 Å². The number of hydrogen-bond donors (Lipinski definition) is 0. The van der Waals surface area contributed by atoms with E-state index in [0.717, 1.165) is 12.1 Å². The molecule has 0 fully saturated rings. The first-order valence-corrected chi connectivity index (χ1v) is 3.47. The van der Waals surface area contributed by atoms with Crippen LogP contribution in [0.1, 0.15) is 34.1 Å². The normalized spacial score (nSPS) is 9.56. The molecule has 0 radical (unpaired) electrons. The van der Waals surface area contributed by atoms with E-state index in [1.807, 2.05) is 26.8 Å². The van der Waals surface area contributed by atoms with Gasteiger partial charge in [0.2, 0.25) is 0 Å². The Kier molecular flexibility index (Phi) is 13.0. The molecule has 0 N–H and O–H groups in total. The molecule has 0 unspecified atom stereocenters. The Morgan fingerprint density at radius 1 is 1.56 bits per heavy atom. The Labute approximate surface area is 58.5 Å². The van der Waals surface area contributed by atoms with E-state index in [0.29, 0.717) is 0 Å². The van der Waals surface area contributed by atoms with Crippen LogP contribution >= 0.6 is 0 Å². The average Bonchev–Trinajstić information content (AvgIpc) is 1.96. The van der Waals surface area contributed by atoms with E-state index >= 15 is 0 Å². The van der Waals surface area contributed by atoms with Gasteiger partial charge in [0.05, 0.1) is 0 Å². The van der Waals surface area contributed by atoms with Gasteiger partial charge >= 0.3 is 0 Å². The summed E-state index contributed by atoms with van der Waals surface area (Å²) in [6.07, 6.45) is 2.95. The number of allylic oxidation sites excluding steroid dienone is 2. The zero-order valence-electron chi connectivity index (χ0n) is 6.94. The Balaban J connectivity index is 0. The molecule has 0 aliphatic heterocycles. The molecule has 0 atom stereocenters. The molecule has 1 heteroatoms. The van der Waals surface area contributed by atoms with Crippen molar-refractivity contribution in [2.75, 3.05) is 0 Å². The van der Waals surface area contributed by atoms with Crippen LogP contribution in [0.2, 0.25) is 0 Å². The molecule has 0 aromatic carbocycles. The highest BCUT2D eigenvalue weighted by Gasteiger charge is 1.78. The third-order valence-corrected chi connectivity index (χ3v) is 0.899. The van der Waals surface area contributed by atoms with E-state index in [-0.39, 0.29) is 0 Å². The van der Waals surface area contributed by atoms with Crippen LogP contribution in [0.25, 0.3) is 0 Å². The van der Waals surface area contributed by atoms with Gasteiger partial charge in [-0.3, -0.25) is 4.99 Å². The van der Waals surface area contributed by atoms with Crippen LogP contribution in [0.5, 0.6) is 0 Å². The highest BCUT2D eigenvalue weighted by atomic mass is 14.7. The van der Waals surface area contributed by atoms with Crippen molar-refractivity contribution in [3.05, 3.63) is 11.8 Å². The highest BCUT2D eigenvalue weighted by molar-refractivity contribution is 5.28. The van der Waals surface area contributed by atoms with Crippen LogP contribution in [0.15, 0.2) is 16.8 Å². The maximum atomic E-state index is 3.74. The molecule has 54 valence electrons. The van der Waals surface area contributed by atoms with Gasteiger partial charge in [-0.15, -0.1) is 0 Å². The molecule has 0 aromatic heterocycles. The summed E-state index contributed by atoms with van der Waals surface area (Å²) < 4.78 is 0. The van der Waals surface area contributed by atoms with Crippen molar-refractivity contribution in [2.24, 2.45) is 4.99 Å². The first-order chi connectivity index (χ1) is 4.35. The second-order valence-electron chi connectivity index (χ2n) is 1.29. The fraction of sp³-hybridized carbons (Fsp3) is 0.625. The standard InChI is InChI=1S/C6H11N.C2H6/c1-4-6(5-2)7-3;1-2/h4H,3,5H2,1-2H3;1-2H3/b6-4-;. The van der Waals surface area contributed by atoms with E-state index < -0.39 is 0 Å². The van der Waals surface area contributed by atoms with Gasteiger partial charge in [0.1, 0.15) is 0 Å². The van der Waals surface area contributed by atoms with Crippen molar-refractivity contribution in [1.29, 1.82) is 0 Å². The average molecular weight is 127 g/mol. The summed E-state index contributed by atoms with van der Waals surface area (Å²) in [5, 5.41) is 0. The van der Waals surface area contributed by atoms with Gasteiger partial charge in [0.15, 0.2) is 0 Å². The summed E-state index contributed by atoms with van der Waals surface area (Å²) in [5.41, 5.74) is 1.07. The Bertz CT molecular complexity index is 82.6. The lowest BCUT2D eigenvalue weighted by atomic mass is 10.3. The smallest absolute Gasteiger partial charge is 0.0351 e. The predicted molar refractivity (Wildman–Crippen MR) is 44.9 cm³/mol. The minimum absolute atomic E-state index is 0.986. The van der Waals surface area contributed by atoms with Crippen molar-refractivity contribution in [1.82, 2.24) is 0 Å². The van der Waals surface area contributed by atoms with Gasteiger partial charge in [0, 0.05) is 5.70 Å². The molecular formula is C8H17N. The lowest BCUT2D eigenvalue weighted by Gasteiger charge is -1.87. The fourth-order valence-corrected chi connectivity index (χ4v) is 0.407. The van der Waals surface area contributed by atoms with Crippen molar-refractivity contribution in [3.8, 4) is 0 Å². The van der Waals surface area contributed by atoms with E-state index in [2.05, 4.69) is 18.6 Å². The molecule has 1 nitrogen and oxygen atoms in total. The van der Waals surface area contributed by atoms with Gasteiger partial charge in [0.25, 0.3) is 0 Å². The summed E-state index contributed by atoms with van der Waals surface area (Å²) in [5.74, 6) is 0. The monoisotopic (exact) mass is 127 g/mol. The number of nitrogens with zero attached hydrogens (tertiary/aromatic N) is 1. The molecule has 9 heavy (non-hydrogen) atoms. The van der Waals surface area contributed by atoms with E-state index in [1.165, 1.54) is 0 Å². The molecule has 0 aliphatic rings. The van der Waals surface area contributed by atoms with Crippen molar-refractivity contribution < 1.29 is 0 Å². The van der Waals surface area contributed by atoms with E-state index in [9.17, 15) is 0 Å². The van der Waals surface area contributed by atoms with E-state index in [1.54, 1.807) is 0 Å². The molecule has 0 bridgehead atoms. The lowest BCUT2D eigenvalue weighted by Crippen LogP contribution is -1.68. The van der Waals surface area contributed by atoms with Crippen LogP contribution < -0.4 is 0 Å². The number of rotatable bonds is 2.